The van der Waals surface area contributed by atoms with Crippen LogP contribution in [0.25, 0.3) is 0 Å². The molecule has 102 valence electrons. The van der Waals surface area contributed by atoms with E-state index in [9.17, 15) is 0 Å². The van der Waals surface area contributed by atoms with Crippen LogP contribution in [0, 0.1) is 0 Å². The minimum Gasteiger partial charge on any atom is -0.370 e. The molecule has 1 aliphatic heterocycles. The molecule has 2 unspecified atom stereocenters. The number of guanidine groups is 1. The van der Waals surface area contributed by atoms with Crippen molar-refractivity contribution in [2.24, 2.45) is 10.7 Å². The number of rotatable bonds is 2. The summed E-state index contributed by atoms with van der Waals surface area (Å²) in [5, 5.41) is 0. The van der Waals surface area contributed by atoms with Gasteiger partial charge in [0.15, 0.2) is 5.96 Å². The van der Waals surface area contributed by atoms with E-state index in [1.165, 1.54) is 31.2 Å². The van der Waals surface area contributed by atoms with E-state index in [0.29, 0.717) is 12.0 Å². The fourth-order valence-corrected chi connectivity index (χ4v) is 2.93. The van der Waals surface area contributed by atoms with Gasteiger partial charge in [-0.1, -0.05) is 43.2 Å². The Morgan fingerprint density at radius 2 is 1.74 bits per heavy atom. The van der Waals surface area contributed by atoms with Crippen LogP contribution in [0.1, 0.15) is 43.6 Å². The third-order valence-electron chi connectivity index (χ3n) is 4.21. The molecule has 1 aliphatic carbocycles. The number of hydrogen-bond acceptors (Lipinski definition) is 1. The van der Waals surface area contributed by atoms with Crippen LogP contribution >= 0.6 is 0 Å². The Hall–Kier alpha value is -1.51. The van der Waals surface area contributed by atoms with Gasteiger partial charge in [-0.3, -0.25) is 0 Å². The molecule has 0 amide bonds. The minimum absolute atomic E-state index is 0.408. The van der Waals surface area contributed by atoms with E-state index >= 15 is 0 Å². The zero-order chi connectivity index (χ0) is 13.1. The van der Waals surface area contributed by atoms with Crippen molar-refractivity contribution in [3.05, 3.63) is 35.9 Å². The first-order valence-electron chi connectivity index (χ1n) is 7.48. The van der Waals surface area contributed by atoms with E-state index in [0.717, 1.165) is 25.5 Å². The number of nitrogens with zero attached hydrogens (tertiary/aromatic N) is 2. The Bertz CT molecular complexity index is 433. The minimum atomic E-state index is 0.408. The molecule has 0 spiro atoms. The molecule has 3 rings (SSSR count). The first-order chi connectivity index (χ1) is 9.34. The van der Waals surface area contributed by atoms with E-state index < -0.39 is 0 Å². The Kier molecular flexibility index (Phi) is 3.72. The first kappa shape index (κ1) is 12.5. The molecule has 2 N–H and O–H groups in total. The van der Waals surface area contributed by atoms with Crippen LogP contribution in [0.4, 0.5) is 0 Å². The lowest BCUT2D eigenvalue weighted by molar-refractivity contribution is 0.428. The highest BCUT2D eigenvalue weighted by Gasteiger charge is 2.38. The van der Waals surface area contributed by atoms with Gasteiger partial charge in [0.05, 0.1) is 6.04 Å². The van der Waals surface area contributed by atoms with Crippen LogP contribution in [0.15, 0.2) is 35.3 Å². The average Bonchev–Trinajstić information content (AvgIpc) is 3.22. The molecule has 2 atom stereocenters. The summed E-state index contributed by atoms with van der Waals surface area (Å²) in [6.07, 6.45) is 6.32. The number of benzene rings is 1. The summed E-state index contributed by atoms with van der Waals surface area (Å²) in [6, 6.07) is 11.1. The Labute approximate surface area is 115 Å². The number of likely N-dealkylation sites (tertiary alicyclic amines) is 1. The van der Waals surface area contributed by atoms with Crippen molar-refractivity contribution in [3.63, 3.8) is 0 Å². The van der Waals surface area contributed by atoms with Gasteiger partial charge < -0.3 is 10.6 Å². The lowest BCUT2D eigenvalue weighted by Crippen LogP contribution is -2.38. The normalized spacial score (nSPS) is 28.0. The van der Waals surface area contributed by atoms with Crippen molar-refractivity contribution in [1.29, 1.82) is 0 Å². The maximum Gasteiger partial charge on any atom is 0.191 e. The van der Waals surface area contributed by atoms with E-state index in [1.54, 1.807) is 0 Å². The van der Waals surface area contributed by atoms with E-state index in [2.05, 4.69) is 35.2 Å². The third kappa shape index (κ3) is 3.09. The molecule has 3 nitrogen and oxygen atoms in total. The number of nitrogens with two attached hydrogens (primary N) is 1. The van der Waals surface area contributed by atoms with E-state index in [1.807, 2.05) is 0 Å². The Morgan fingerprint density at radius 1 is 1.05 bits per heavy atom. The van der Waals surface area contributed by atoms with Crippen molar-refractivity contribution in [2.75, 3.05) is 13.1 Å². The molecule has 0 radical (unpaired) electrons. The fourth-order valence-electron chi connectivity index (χ4n) is 2.93. The van der Waals surface area contributed by atoms with Gasteiger partial charge in [0, 0.05) is 19.0 Å². The summed E-state index contributed by atoms with van der Waals surface area (Å²) < 4.78 is 0. The molecule has 19 heavy (non-hydrogen) atoms. The average molecular weight is 257 g/mol. The highest BCUT2D eigenvalue weighted by Crippen LogP contribution is 2.43. The van der Waals surface area contributed by atoms with Crippen LogP contribution in [-0.2, 0) is 0 Å². The van der Waals surface area contributed by atoms with Crippen molar-refractivity contribution < 1.29 is 0 Å². The summed E-state index contributed by atoms with van der Waals surface area (Å²) in [6.45, 7) is 2.16. The van der Waals surface area contributed by atoms with Gasteiger partial charge in [0.25, 0.3) is 0 Å². The van der Waals surface area contributed by atoms with Crippen molar-refractivity contribution in [3.8, 4) is 0 Å². The molecule has 0 aromatic heterocycles. The second-order valence-electron chi connectivity index (χ2n) is 5.71. The molecule has 1 aromatic carbocycles. The quantitative estimate of drug-likeness (QED) is 0.654. The Balaban J connectivity index is 1.60. The van der Waals surface area contributed by atoms with Gasteiger partial charge in [-0.2, -0.15) is 0 Å². The molecule has 1 saturated carbocycles. The van der Waals surface area contributed by atoms with Gasteiger partial charge in [0.1, 0.15) is 0 Å². The fraction of sp³-hybridized carbons (Fsp3) is 0.562. The zero-order valence-corrected chi connectivity index (χ0v) is 11.5. The van der Waals surface area contributed by atoms with Gasteiger partial charge >= 0.3 is 0 Å². The smallest absolute Gasteiger partial charge is 0.191 e. The largest absolute Gasteiger partial charge is 0.370 e. The van der Waals surface area contributed by atoms with Crippen LogP contribution in [-0.4, -0.2) is 30.0 Å². The van der Waals surface area contributed by atoms with E-state index in [4.69, 9.17) is 10.7 Å². The predicted molar refractivity (Wildman–Crippen MR) is 79.3 cm³/mol. The SMILES string of the molecule is NC(=NC1CC1c1ccccc1)N1CCCCCC1. The monoisotopic (exact) mass is 257 g/mol. The van der Waals surface area contributed by atoms with E-state index in [-0.39, 0.29) is 0 Å². The molecule has 2 fully saturated rings. The highest BCUT2D eigenvalue weighted by molar-refractivity contribution is 5.78. The van der Waals surface area contributed by atoms with Crippen molar-refractivity contribution in [2.45, 2.75) is 44.1 Å². The highest BCUT2D eigenvalue weighted by atomic mass is 15.3. The lowest BCUT2D eigenvalue weighted by atomic mass is 10.1. The van der Waals surface area contributed by atoms with Crippen LogP contribution in [0.2, 0.25) is 0 Å². The van der Waals surface area contributed by atoms with Crippen LogP contribution in [0.5, 0.6) is 0 Å². The zero-order valence-electron chi connectivity index (χ0n) is 11.5. The standard InChI is InChI=1S/C16H23N3/c17-16(19-10-6-1-2-7-11-19)18-15-12-14(15)13-8-4-3-5-9-13/h3-5,8-9,14-15H,1-2,6-7,10-12H2,(H2,17,18). The van der Waals surface area contributed by atoms with Gasteiger partial charge in [-0.05, 0) is 24.8 Å². The molecule has 2 aliphatic rings. The summed E-state index contributed by atoms with van der Waals surface area (Å²) in [5.74, 6) is 1.36. The van der Waals surface area contributed by atoms with Crippen molar-refractivity contribution in [1.82, 2.24) is 4.90 Å². The third-order valence-corrected chi connectivity index (χ3v) is 4.21. The molecule has 1 aromatic rings. The summed E-state index contributed by atoms with van der Waals surface area (Å²) in [4.78, 5) is 7.00. The van der Waals surface area contributed by atoms with Gasteiger partial charge in [0.2, 0.25) is 0 Å². The summed E-state index contributed by atoms with van der Waals surface area (Å²) in [7, 11) is 0. The maximum atomic E-state index is 6.18. The molecule has 1 heterocycles. The second kappa shape index (κ2) is 5.64. The number of aliphatic imine (C=N–C) groups is 1. The molecular formula is C16H23N3. The van der Waals surface area contributed by atoms with Crippen LogP contribution in [0.3, 0.4) is 0 Å². The summed E-state index contributed by atoms with van der Waals surface area (Å²) in [5.41, 5.74) is 7.58. The predicted octanol–water partition coefficient (Wildman–Crippen LogP) is 2.73. The lowest BCUT2D eigenvalue weighted by Gasteiger charge is -2.21. The van der Waals surface area contributed by atoms with Crippen LogP contribution < -0.4 is 5.73 Å². The molecule has 3 heteroatoms. The molecular weight excluding hydrogens is 234 g/mol. The Morgan fingerprint density at radius 3 is 2.42 bits per heavy atom. The van der Waals surface area contributed by atoms with Gasteiger partial charge in [-0.25, -0.2) is 4.99 Å². The maximum absolute atomic E-state index is 6.18. The topological polar surface area (TPSA) is 41.6 Å². The second-order valence-corrected chi connectivity index (χ2v) is 5.71. The molecule has 0 bridgehead atoms. The number of hydrogen-bond donors (Lipinski definition) is 1. The van der Waals surface area contributed by atoms with Gasteiger partial charge in [-0.15, -0.1) is 0 Å². The summed E-state index contributed by atoms with van der Waals surface area (Å²) >= 11 is 0. The molecule has 1 saturated heterocycles. The van der Waals surface area contributed by atoms with Crippen molar-refractivity contribution >= 4 is 5.96 Å². The first-order valence-corrected chi connectivity index (χ1v) is 7.48.